The fraction of sp³-hybridized carbons (Fsp3) is 0.385. The fourth-order valence-electron chi connectivity index (χ4n) is 1.68. The molecule has 0 aromatic heterocycles. The predicted molar refractivity (Wildman–Crippen MR) is 87.4 cm³/mol. The van der Waals surface area contributed by atoms with E-state index in [1.165, 1.54) is 0 Å². The van der Waals surface area contributed by atoms with Gasteiger partial charge in [-0.05, 0) is 19.1 Å². The maximum atomic E-state index is 6.01. The quantitative estimate of drug-likeness (QED) is 0.919. The molecular formula is C13H15Cl2N3OS. The molecule has 1 atom stereocenters. The van der Waals surface area contributed by atoms with E-state index in [1.54, 1.807) is 24.9 Å². The number of halogens is 2. The molecule has 0 saturated heterocycles. The molecule has 0 unspecified atom stereocenters. The summed E-state index contributed by atoms with van der Waals surface area (Å²) in [5.41, 5.74) is 4.84. The standard InChI is InChI=1S/C13H15Cl2N3OS/c1-8(6-19-2)16-13-18-17-12(7-20-13)9-3-4-10(14)11(15)5-9/h3-5,8H,6-7H2,1-2H3,(H,16,18)/t8-/m0/s1. The second-order valence-electron chi connectivity index (χ2n) is 4.33. The molecule has 0 spiro atoms. The van der Waals surface area contributed by atoms with E-state index in [0.717, 1.165) is 22.2 Å². The van der Waals surface area contributed by atoms with E-state index in [9.17, 15) is 0 Å². The van der Waals surface area contributed by atoms with E-state index in [4.69, 9.17) is 27.9 Å². The number of hydrazone groups is 1. The number of nitrogens with zero attached hydrogens (tertiary/aromatic N) is 2. The average Bonchev–Trinajstić information content (AvgIpc) is 2.43. The highest BCUT2D eigenvalue weighted by molar-refractivity contribution is 8.14. The summed E-state index contributed by atoms with van der Waals surface area (Å²) >= 11 is 13.5. The number of benzene rings is 1. The topological polar surface area (TPSA) is 46.0 Å². The zero-order valence-corrected chi connectivity index (χ0v) is 13.5. The normalized spacial score (nSPS) is 18.6. The van der Waals surface area contributed by atoms with Gasteiger partial charge in [0.05, 0.1) is 28.4 Å². The van der Waals surface area contributed by atoms with Crippen molar-refractivity contribution in [2.45, 2.75) is 13.0 Å². The number of thioether (sulfide) groups is 1. The van der Waals surface area contributed by atoms with Crippen molar-refractivity contribution in [2.24, 2.45) is 10.1 Å². The zero-order chi connectivity index (χ0) is 14.5. The number of methoxy groups -OCH3 is 1. The van der Waals surface area contributed by atoms with Gasteiger partial charge in [-0.25, -0.2) is 0 Å². The number of nitrogens with one attached hydrogen (secondary N) is 1. The van der Waals surface area contributed by atoms with Crippen LogP contribution in [0.4, 0.5) is 0 Å². The summed E-state index contributed by atoms with van der Waals surface area (Å²) < 4.78 is 5.05. The molecule has 0 fully saturated rings. The third-order valence-corrected chi connectivity index (χ3v) is 4.26. The summed E-state index contributed by atoms with van der Waals surface area (Å²) in [6.45, 7) is 2.59. The highest BCUT2D eigenvalue weighted by Crippen LogP contribution is 2.24. The summed E-state index contributed by atoms with van der Waals surface area (Å²) in [5, 5.41) is 6.22. The molecule has 0 aliphatic carbocycles. The molecule has 0 amide bonds. The van der Waals surface area contributed by atoms with E-state index < -0.39 is 0 Å². The lowest BCUT2D eigenvalue weighted by Gasteiger charge is -2.16. The molecule has 2 rings (SSSR count). The minimum atomic E-state index is 0.108. The van der Waals surface area contributed by atoms with Crippen molar-refractivity contribution in [3.63, 3.8) is 0 Å². The largest absolute Gasteiger partial charge is 0.382 e. The Kier molecular flexibility index (Phi) is 5.72. The van der Waals surface area contributed by atoms with Crippen molar-refractivity contribution in [2.75, 3.05) is 19.5 Å². The van der Waals surface area contributed by atoms with Gasteiger partial charge in [0.15, 0.2) is 5.17 Å². The lowest BCUT2D eigenvalue weighted by molar-refractivity contribution is 0.186. The minimum absolute atomic E-state index is 0.108. The van der Waals surface area contributed by atoms with Crippen molar-refractivity contribution in [3.05, 3.63) is 33.8 Å². The Balaban J connectivity index is 2.07. The lowest BCUT2D eigenvalue weighted by atomic mass is 10.1. The van der Waals surface area contributed by atoms with Gasteiger partial charge in [0.1, 0.15) is 0 Å². The Bertz CT molecular complexity index is 548. The van der Waals surface area contributed by atoms with Crippen LogP contribution in [0.3, 0.4) is 0 Å². The maximum absolute atomic E-state index is 6.01. The molecule has 1 aromatic carbocycles. The number of amidine groups is 1. The summed E-state index contributed by atoms with van der Waals surface area (Å²) in [5.74, 6) is 0.740. The van der Waals surface area contributed by atoms with E-state index in [0.29, 0.717) is 16.7 Å². The minimum Gasteiger partial charge on any atom is -0.382 e. The van der Waals surface area contributed by atoms with Crippen molar-refractivity contribution in [1.29, 1.82) is 0 Å². The van der Waals surface area contributed by atoms with Crippen LogP contribution in [-0.2, 0) is 4.74 Å². The van der Waals surface area contributed by atoms with Gasteiger partial charge < -0.3 is 4.74 Å². The van der Waals surface area contributed by atoms with Crippen LogP contribution >= 0.6 is 35.0 Å². The monoisotopic (exact) mass is 331 g/mol. The van der Waals surface area contributed by atoms with E-state index in [2.05, 4.69) is 15.5 Å². The Labute approximate surface area is 132 Å². The number of hydrogen-bond acceptors (Lipinski definition) is 4. The number of aliphatic imine (C=N–C) groups is 1. The van der Waals surface area contributed by atoms with Gasteiger partial charge in [0.25, 0.3) is 0 Å². The number of hydrogen-bond donors (Lipinski definition) is 1. The van der Waals surface area contributed by atoms with Crippen molar-refractivity contribution < 1.29 is 4.74 Å². The molecule has 1 heterocycles. The first-order valence-electron chi connectivity index (χ1n) is 6.07. The van der Waals surface area contributed by atoms with Gasteiger partial charge in [-0.2, -0.15) is 5.10 Å². The average molecular weight is 332 g/mol. The van der Waals surface area contributed by atoms with Gasteiger partial charge in [-0.1, -0.05) is 41.0 Å². The third kappa shape index (κ3) is 4.12. The lowest BCUT2D eigenvalue weighted by Crippen LogP contribution is -2.27. The summed E-state index contributed by atoms with van der Waals surface area (Å²) in [7, 11) is 1.67. The van der Waals surface area contributed by atoms with Crippen LogP contribution in [0.25, 0.3) is 0 Å². The van der Waals surface area contributed by atoms with Crippen LogP contribution in [0.5, 0.6) is 0 Å². The SMILES string of the molecule is COC[C@H](C)N=C1NN=C(c2ccc(Cl)c(Cl)c2)CS1. The molecule has 20 heavy (non-hydrogen) atoms. The van der Waals surface area contributed by atoms with E-state index in [1.807, 2.05) is 19.1 Å². The molecule has 4 nitrogen and oxygen atoms in total. The van der Waals surface area contributed by atoms with Crippen LogP contribution in [0.2, 0.25) is 10.0 Å². The van der Waals surface area contributed by atoms with Gasteiger partial charge in [0, 0.05) is 18.4 Å². The Morgan fingerprint density at radius 1 is 1.45 bits per heavy atom. The molecule has 1 aliphatic rings. The van der Waals surface area contributed by atoms with Crippen LogP contribution in [0.1, 0.15) is 12.5 Å². The number of ether oxygens (including phenoxy) is 1. The smallest absolute Gasteiger partial charge is 0.177 e. The summed E-state index contributed by atoms with van der Waals surface area (Å²) in [4.78, 5) is 4.47. The van der Waals surface area contributed by atoms with Gasteiger partial charge in [0.2, 0.25) is 0 Å². The highest BCUT2D eigenvalue weighted by atomic mass is 35.5. The molecule has 7 heteroatoms. The first-order valence-corrected chi connectivity index (χ1v) is 7.82. The van der Waals surface area contributed by atoms with Gasteiger partial charge >= 0.3 is 0 Å². The second-order valence-corrected chi connectivity index (χ2v) is 6.10. The Morgan fingerprint density at radius 3 is 2.85 bits per heavy atom. The van der Waals surface area contributed by atoms with E-state index in [-0.39, 0.29) is 6.04 Å². The fourth-order valence-corrected chi connectivity index (χ4v) is 2.85. The van der Waals surface area contributed by atoms with Crippen LogP contribution in [0.15, 0.2) is 28.3 Å². The molecule has 1 aliphatic heterocycles. The molecule has 0 radical (unpaired) electrons. The van der Waals surface area contributed by atoms with Gasteiger partial charge in [-0.15, -0.1) is 0 Å². The summed E-state index contributed by atoms with van der Waals surface area (Å²) in [6, 6.07) is 5.61. The van der Waals surface area contributed by atoms with Gasteiger partial charge in [-0.3, -0.25) is 10.4 Å². The van der Waals surface area contributed by atoms with Crippen LogP contribution < -0.4 is 5.43 Å². The van der Waals surface area contributed by atoms with Crippen LogP contribution in [0, 0.1) is 0 Å². The molecule has 1 aromatic rings. The molecule has 1 N–H and O–H groups in total. The maximum Gasteiger partial charge on any atom is 0.177 e. The molecule has 0 bridgehead atoms. The Hall–Kier alpha value is -0.750. The molecular weight excluding hydrogens is 317 g/mol. The predicted octanol–water partition coefficient (Wildman–Crippen LogP) is 3.42. The third-order valence-electron chi connectivity index (χ3n) is 2.63. The zero-order valence-electron chi connectivity index (χ0n) is 11.2. The first kappa shape index (κ1) is 15.6. The Morgan fingerprint density at radius 2 is 2.25 bits per heavy atom. The highest BCUT2D eigenvalue weighted by Gasteiger charge is 2.14. The molecule has 108 valence electrons. The van der Waals surface area contributed by atoms with Crippen molar-refractivity contribution in [3.8, 4) is 0 Å². The van der Waals surface area contributed by atoms with E-state index >= 15 is 0 Å². The molecule has 0 saturated carbocycles. The second kappa shape index (κ2) is 7.31. The van der Waals surface area contributed by atoms with Crippen LogP contribution in [-0.4, -0.2) is 36.4 Å². The van der Waals surface area contributed by atoms with Crippen molar-refractivity contribution in [1.82, 2.24) is 5.43 Å². The summed E-state index contributed by atoms with van der Waals surface area (Å²) in [6.07, 6.45) is 0. The van der Waals surface area contributed by atoms with Crippen molar-refractivity contribution >= 4 is 45.8 Å². The first-order chi connectivity index (χ1) is 9.60. The number of rotatable bonds is 4.